The number of benzene rings is 1. The van der Waals surface area contributed by atoms with Crippen LogP contribution in [0.2, 0.25) is 0 Å². The molecule has 2 rings (SSSR count). The van der Waals surface area contributed by atoms with Gasteiger partial charge in [0.25, 0.3) is 0 Å². The first kappa shape index (κ1) is 16.8. The van der Waals surface area contributed by atoms with E-state index in [1.54, 1.807) is 0 Å². The average Bonchev–Trinajstić information content (AvgIpc) is 2.51. The molecular formula is C18H29N3O. The van der Waals surface area contributed by atoms with Crippen LogP contribution in [0.1, 0.15) is 34.1 Å². The van der Waals surface area contributed by atoms with Crippen molar-refractivity contribution >= 4 is 17.3 Å². The topological polar surface area (TPSA) is 44.4 Å². The van der Waals surface area contributed by atoms with Gasteiger partial charge in [0.2, 0.25) is 5.91 Å². The lowest BCUT2D eigenvalue weighted by atomic mass is 9.93. The van der Waals surface area contributed by atoms with Crippen LogP contribution in [0.5, 0.6) is 0 Å². The molecule has 1 aromatic carbocycles. The molecule has 0 bridgehead atoms. The number of amides is 1. The number of piperidine rings is 1. The highest BCUT2D eigenvalue weighted by atomic mass is 16.1. The molecule has 0 radical (unpaired) electrons. The van der Waals surface area contributed by atoms with Gasteiger partial charge >= 0.3 is 0 Å². The third-order valence-electron chi connectivity index (χ3n) is 4.47. The number of anilines is 2. The van der Waals surface area contributed by atoms with E-state index in [4.69, 9.17) is 0 Å². The molecule has 1 aliphatic rings. The first-order valence-electron chi connectivity index (χ1n) is 8.39. The molecule has 4 nitrogen and oxygen atoms in total. The Morgan fingerprint density at radius 2 is 1.91 bits per heavy atom. The molecule has 0 unspecified atom stereocenters. The van der Waals surface area contributed by atoms with Gasteiger partial charge in [-0.2, -0.15) is 0 Å². The Hall–Kier alpha value is -1.55. The third-order valence-corrected chi connectivity index (χ3v) is 4.47. The monoisotopic (exact) mass is 303 g/mol. The second kappa shape index (κ2) is 7.63. The van der Waals surface area contributed by atoms with Gasteiger partial charge in [-0.3, -0.25) is 4.79 Å². The van der Waals surface area contributed by atoms with Crippen molar-refractivity contribution in [3.8, 4) is 0 Å². The van der Waals surface area contributed by atoms with Crippen molar-refractivity contribution in [3.63, 3.8) is 0 Å². The molecule has 4 heteroatoms. The fourth-order valence-corrected chi connectivity index (χ4v) is 2.88. The predicted molar refractivity (Wildman–Crippen MR) is 93.2 cm³/mol. The number of likely N-dealkylation sites (tertiary alicyclic amines) is 1. The number of hydrogen-bond donors (Lipinski definition) is 2. The summed E-state index contributed by atoms with van der Waals surface area (Å²) in [5, 5.41) is 6.56. The van der Waals surface area contributed by atoms with Gasteiger partial charge in [0, 0.05) is 36.4 Å². The van der Waals surface area contributed by atoms with E-state index in [1.165, 1.54) is 13.0 Å². The number of rotatable bonds is 5. The summed E-state index contributed by atoms with van der Waals surface area (Å²) in [7, 11) is 0. The lowest BCUT2D eigenvalue weighted by Gasteiger charge is -2.37. The van der Waals surface area contributed by atoms with Crippen molar-refractivity contribution in [1.29, 1.82) is 0 Å². The number of carbonyl (C=O) groups excluding carboxylic acids is 1. The summed E-state index contributed by atoms with van der Waals surface area (Å²) in [5.74, 6) is 0.706. The minimum Gasteiger partial charge on any atom is -0.382 e. The lowest BCUT2D eigenvalue weighted by Crippen LogP contribution is -2.44. The van der Waals surface area contributed by atoms with Crippen LogP contribution in [0.15, 0.2) is 24.3 Å². The zero-order chi connectivity index (χ0) is 16.1. The van der Waals surface area contributed by atoms with Gasteiger partial charge in [0.05, 0.1) is 0 Å². The van der Waals surface area contributed by atoms with Crippen LogP contribution in [0.3, 0.4) is 0 Å². The molecule has 1 fully saturated rings. The van der Waals surface area contributed by atoms with Crippen molar-refractivity contribution in [2.24, 2.45) is 11.8 Å². The zero-order valence-electron chi connectivity index (χ0n) is 14.2. The summed E-state index contributed by atoms with van der Waals surface area (Å²) < 4.78 is 0. The third kappa shape index (κ3) is 4.47. The summed E-state index contributed by atoms with van der Waals surface area (Å²) in [6.45, 7) is 11.8. The fraction of sp³-hybridized carbons (Fsp3) is 0.611. The van der Waals surface area contributed by atoms with E-state index in [1.807, 2.05) is 26.0 Å². The first-order valence-corrected chi connectivity index (χ1v) is 8.39. The van der Waals surface area contributed by atoms with Gasteiger partial charge in [0.1, 0.15) is 0 Å². The normalized spacial score (nSPS) is 22.6. The highest BCUT2D eigenvalue weighted by molar-refractivity contribution is 5.92. The second-order valence-corrected chi connectivity index (χ2v) is 6.63. The molecule has 0 aliphatic carbocycles. The minimum atomic E-state index is 0.00222. The Labute approximate surface area is 134 Å². The molecule has 1 aromatic rings. The SMILES string of the molecule is CCN1CC[C@H](Nc2ccc(NC(=O)C(C)C)cc2)[C@@H](C)C1. The summed E-state index contributed by atoms with van der Waals surface area (Å²) in [6, 6.07) is 8.56. The predicted octanol–water partition coefficient (Wildman–Crippen LogP) is 3.42. The first-order chi connectivity index (χ1) is 10.5. The molecule has 1 aliphatic heterocycles. The van der Waals surface area contributed by atoms with Gasteiger partial charge in [-0.15, -0.1) is 0 Å². The zero-order valence-corrected chi connectivity index (χ0v) is 14.2. The van der Waals surface area contributed by atoms with Crippen molar-refractivity contribution in [2.45, 2.75) is 40.2 Å². The molecule has 1 amide bonds. The molecule has 22 heavy (non-hydrogen) atoms. The number of nitrogens with zero attached hydrogens (tertiary/aromatic N) is 1. The number of hydrogen-bond acceptors (Lipinski definition) is 3. The lowest BCUT2D eigenvalue weighted by molar-refractivity contribution is -0.118. The Balaban J connectivity index is 1.90. The summed E-state index contributed by atoms with van der Waals surface area (Å²) >= 11 is 0. The highest BCUT2D eigenvalue weighted by Gasteiger charge is 2.24. The van der Waals surface area contributed by atoms with Crippen LogP contribution in [0.25, 0.3) is 0 Å². The van der Waals surface area contributed by atoms with E-state index < -0.39 is 0 Å². The second-order valence-electron chi connectivity index (χ2n) is 6.63. The van der Waals surface area contributed by atoms with E-state index in [9.17, 15) is 4.79 Å². The molecule has 2 N–H and O–H groups in total. The van der Waals surface area contributed by atoms with E-state index in [2.05, 4.69) is 41.5 Å². The molecule has 0 aromatic heterocycles. The van der Waals surface area contributed by atoms with Gasteiger partial charge < -0.3 is 15.5 Å². The summed E-state index contributed by atoms with van der Waals surface area (Å²) in [6.07, 6.45) is 1.18. The molecule has 2 atom stereocenters. The summed E-state index contributed by atoms with van der Waals surface area (Å²) in [4.78, 5) is 14.2. The standard InChI is InChI=1S/C18H29N3O/c1-5-21-11-10-17(14(4)12-21)19-15-6-8-16(9-7-15)20-18(22)13(2)3/h6-9,13-14,17,19H,5,10-12H2,1-4H3,(H,20,22)/t14-,17-/m0/s1. The van der Waals surface area contributed by atoms with Gasteiger partial charge in [-0.1, -0.05) is 27.7 Å². The van der Waals surface area contributed by atoms with Crippen LogP contribution in [0, 0.1) is 11.8 Å². The van der Waals surface area contributed by atoms with E-state index in [0.29, 0.717) is 12.0 Å². The molecule has 1 saturated heterocycles. The van der Waals surface area contributed by atoms with Crippen molar-refractivity contribution in [1.82, 2.24) is 4.90 Å². The number of carbonyl (C=O) groups is 1. The molecule has 0 saturated carbocycles. The van der Waals surface area contributed by atoms with E-state index in [0.717, 1.165) is 24.5 Å². The van der Waals surface area contributed by atoms with Gasteiger partial charge in [-0.25, -0.2) is 0 Å². The van der Waals surface area contributed by atoms with Crippen LogP contribution in [0.4, 0.5) is 11.4 Å². The Kier molecular flexibility index (Phi) is 5.83. The maximum absolute atomic E-state index is 11.7. The smallest absolute Gasteiger partial charge is 0.226 e. The maximum Gasteiger partial charge on any atom is 0.226 e. The van der Waals surface area contributed by atoms with E-state index in [-0.39, 0.29) is 11.8 Å². The minimum absolute atomic E-state index is 0.00222. The van der Waals surface area contributed by atoms with Gasteiger partial charge in [0.15, 0.2) is 0 Å². The Morgan fingerprint density at radius 1 is 1.27 bits per heavy atom. The van der Waals surface area contributed by atoms with Crippen molar-refractivity contribution in [3.05, 3.63) is 24.3 Å². The molecule has 1 heterocycles. The summed E-state index contributed by atoms with van der Waals surface area (Å²) in [5.41, 5.74) is 1.99. The van der Waals surface area contributed by atoms with Gasteiger partial charge in [-0.05, 0) is 43.1 Å². The Bertz CT molecular complexity index is 484. The highest BCUT2D eigenvalue weighted by Crippen LogP contribution is 2.22. The van der Waals surface area contributed by atoms with Crippen LogP contribution in [-0.2, 0) is 4.79 Å². The largest absolute Gasteiger partial charge is 0.382 e. The molecule has 0 spiro atoms. The Morgan fingerprint density at radius 3 is 2.45 bits per heavy atom. The number of nitrogens with one attached hydrogen (secondary N) is 2. The van der Waals surface area contributed by atoms with E-state index >= 15 is 0 Å². The van der Waals surface area contributed by atoms with Crippen LogP contribution in [-0.4, -0.2) is 36.5 Å². The van der Waals surface area contributed by atoms with Crippen LogP contribution < -0.4 is 10.6 Å². The molecule has 122 valence electrons. The quantitative estimate of drug-likeness (QED) is 0.876. The fourth-order valence-electron chi connectivity index (χ4n) is 2.88. The van der Waals surface area contributed by atoms with Crippen molar-refractivity contribution < 1.29 is 4.79 Å². The van der Waals surface area contributed by atoms with Crippen LogP contribution >= 0.6 is 0 Å². The average molecular weight is 303 g/mol. The van der Waals surface area contributed by atoms with Crippen molar-refractivity contribution in [2.75, 3.05) is 30.3 Å². The maximum atomic E-state index is 11.7. The molecular weight excluding hydrogens is 274 g/mol.